The average Bonchev–Trinajstić information content (AvgIpc) is 3.19. The van der Waals surface area contributed by atoms with Crippen molar-refractivity contribution in [3.05, 3.63) is 106 Å². The van der Waals surface area contributed by atoms with E-state index in [0.29, 0.717) is 34.2 Å². The van der Waals surface area contributed by atoms with Crippen molar-refractivity contribution in [2.75, 3.05) is 12.4 Å². The lowest BCUT2D eigenvalue weighted by molar-refractivity contribution is -0.136. The predicted molar refractivity (Wildman–Crippen MR) is 149 cm³/mol. The second-order valence-corrected chi connectivity index (χ2v) is 8.64. The van der Waals surface area contributed by atoms with Crippen LogP contribution in [0.4, 0.5) is 5.69 Å². The van der Waals surface area contributed by atoms with E-state index in [9.17, 15) is 19.2 Å². The van der Waals surface area contributed by atoms with Crippen LogP contribution >= 0.6 is 0 Å². The molecule has 11 nitrogen and oxygen atoms in total. The summed E-state index contributed by atoms with van der Waals surface area (Å²) in [7, 11) is 3.15. The van der Waals surface area contributed by atoms with E-state index in [0.717, 1.165) is 0 Å². The van der Waals surface area contributed by atoms with Gasteiger partial charge >= 0.3 is 17.8 Å². The zero-order chi connectivity index (χ0) is 28.8. The van der Waals surface area contributed by atoms with Crippen LogP contribution in [0.2, 0.25) is 0 Å². The summed E-state index contributed by atoms with van der Waals surface area (Å²) in [5, 5.41) is 6.36. The van der Waals surface area contributed by atoms with E-state index in [2.05, 4.69) is 15.8 Å². The third-order valence-electron chi connectivity index (χ3n) is 6.13. The van der Waals surface area contributed by atoms with Crippen LogP contribution in [0.3, 0.4) is 0 Å². The highest BCUT2D eigenvalue weighted by molar-refractivity contribution is 6.39. The third kappa shape index (κ3) is 5.83. The van der Waals surface area contributed by atoms with Crippen LogP contribution in [0.1, 0.15) is 28.5 Å². The average molecular weight is 542 g/mol. The number of carbonyl (C=O) groups excluding carboxylic acids is 3. The van der Waals surface area contributed by atoms with Crippen LogP contribution in [0.25, 0.3) is 5.69 Å². The van der Waals surface area contributed by atoms with Crippen molar-refractivity contribution < 1.29 is 23.9 Å². The largest absolute Gasteiger partial charge is 0.496 e. The number of methoxy groups -OCH3 is 1. The van der Waals surface area contributed by atoms with Gasteiger partial charge in [0, 0.05) is 7.05 Å². The quantitative estimate of drug-likeness (QED) is 0.121. The Morgan fingerprint density at radius 2 is 1.52 bits per heavy atom. The minimum Gasteiger partial charge on any atom is -0.496 e. The van der Waals surface area contributed by atoms with Gasteiger partial charge in [-0.1, -0.05) is 30.3 Å². The van der Waals surface area contributed by atoms with Gasteiger partial charge in [-0.05, 0) is 67.9 Å². The van der Waals surface area contributed by atoms with E-state index >= 15 is 0 Å². The zero-order valence-electron chi connectivity index (χ0n) is 22.3. The van der Waals surface area contributed by atoms with Gasteiger partial charge in [-0.15, -0.1) is 0 Å². The number of aromatic nitrogens is 2. The maximum Gasteiger partial charge on any atom is 0.347 e. The van der Waals surface area contributed by atoms with Crippen molar-refractivity contribution >= 4 is 29.2 Å². The van der Waals surface area contributed by atoms with Gasteiger partial charge in [0.1, 0.15) is 22.7 Å². The fourth-order valence-electron chi connectivity index (χ4n) is 3.87. The Morgan fingerprint density at radius 3 is 2.20 bits per heavy atom. The van der Waals surface area contributed by atoms with Crippen molar-refractivity contribution in [2.24, 2.45) is 12.1 Å². The molecule has 0 saturated heterocycles. The highest BCUT2D eigenvalue weighted by Crippen LogP contribution is 2.21. The molecular weight excluding hydrogens is 514 g/mol. The first kappa shape index (κ1) is 27.6. The minimum atomic E-state index is -1.05. The van der Waals surface area contributed by atoms with E-state index in [1.54, 1.807) is 98.4 Å². The van der Waals surface area contributed by atoms with E-state index in [4.69, 9.17) is 9.47 Å². The maximum atomic E-state index is 13.0. The van der Waals surface area contributed by atoms with Gasteiger partial charge in [0.2, 0.25) is 0 Å². The van der Waals surface area contributed by atoms with Crippen molar-refractivity contribution in [2.45, 2.75) is 13.8 Å². The molecule has 0 atom stereocenters. The molecular formula is C29H27N5O6. The molecule has 11 heteroatoms. The number of rotatable bonds is 7. The first-order valence-corrected chi connectivity index (χ1v) is 12.2. The Hall–Kier alpha value is -5.45. The molecule has 0 aliphatic heterocycles. The Morgan fingerprint density at radius 1 is 0.875 bits per heavy atom. The number of nitrogens with zero attached hydrogens (tertiary/aromatic N) is 3. The number of carbonyl (C=O) groups is 3. The standard InChI is InChI=1S/C29H27N5O6/c1-18(20-14-16-22(17-15-20)40-29(38)23-12-8-9-13-24(23)39-4)31-32-27(36)26(35)30-25-19(2)33(3)34(28(25)37)21-10-6-5-7-11-21/h5-17H,1-4H3,(H,30,35)(H,32,36). The fourth-order valence-corrected chi connectivity index (χ4v) is 3.87. The summed E-state index contributed by atoms with van der Waals surface area (Å²) in [6, 6.07) is 22.1. The van der Waals surface area contributed by atoms with Gasteiger partial charge in [0.05, 0.1) is 24.2 Å². The number of hydrogen-bond donors (Lipinski definition) is 2. The summed E-state index contributed by atoms with van der Waals surface area (Å²) in [5.41, 5.74) is 4.10. The minimum absolute atomic E-state index is 0.00883. The van der Waals surface area contributed by atoms with Crippen molar-refractivity contribution in [3.8, 4) is 17.2 Å². The molecule has 204 valence electrons. The summed E-state index contributed by atoms with van der Waals surface area (Å²) < 4.78 is 13.6. The van der Waals surface area contributed by atoms with Crippen LogP contribution in [-0.2, 0) is 16.6 Å². The van der Waals surface area contributed by atoms with Crippen molar-refractivity contribution in [1.82, 2.24) is 14.8 Å². The molecule has 0 aliphatic carbocycles. The Kier molecular flexibility index (Phi) is 8.24. The SMILES string of the molecule is COc1ccccc1C(=O)Oc1ccc(C(C)=NNC(=O)C(=O)Nc2c(C)n(C)n(-c3ccccc3)c2=O)cc1. The van der Waals surface area contributed by atoms with Crippen molar-refractivity contribution in [3.63, 3.8) is 0 Å². The van der Waals surface area contributed by atoms with Gasteiger partial charge in [-0.2, -0.15) is 5.10 Å². The molecule has 1 aromatic heterocycles. The first-order chi connectivity index (χ1) is 19.2. The van der Waals surface area contributed by atoms with Crippen LogP contribution in [-0.4, -0.2) is 40.0 Å². The van der Waals surface area contributed by atoms with Crippen LogP contribution in [0.15, 0.2) is 88.8 Å². The molecule has 4 aromatic rings. The molecule has 0 saturated carbocycles. The number of nitrogens with one attached hydrogen (secondary N) is 2. The molecule has 0 radical (unpaired) electrons. The molecule has 2 N–H and O–H groups in total. The van der Waals surface area contributed by atoms with Crippen LogP contribution in [0.5, 0.6) is 11.5 Å². The second-order valence-electron chi connectivity index (χ2n) is 8.64. The van der Waals surface area contributed by atoms with E-state index in [-0.39, 0.29) is 11.3 Å². The summed E-state index contributed by atoms with van der Waals surface area (Å²) in [6.07, 6.45) is 0. The Bertz CT molecular complexity index is 1650. The first-order valence-electron chi connectivity index (χ1n) is 12.2. The van der Waals surface area contributed by atoms with Gasteiger partial charge in [-0.25, -0.2) is 14.9 Å². The van der Waals surface area contributed by atoms with Gasteiger partial charge in [0.25, 0.3) is 5.56 Å². The van der Waals surface area contributed by atoms with Crippen LogP contribution in [0, 0.1) is 6.92 Å². The molecule has 0 spiro atoms. The molecule has 2 amide bonds. The zero-order valence-corrected chi connectivity index (χ0v) is 22.3. The molecule has 0 unspecified atom stereocenters. The number of hydrogen-bond acceptors (Lipinski definition) is 7. The lowest BCUT2D eigenvalue weighted by Crippen LogP contribution is -2.34. The number of para-hydroxylation sites is 2. The Labute approximate surface area is 229 Å². The summed E-state index contributed by atoms with van der Waals surface area (Å²) >= 11 is 0. The highest BCUT2D eigenvalue weighted by Gasteiger charge is 2.21. The number of hydrazone groups is 1. The molecule has 40 heavy (non-hydrogen) atoms. The number of amides is 2. The Balaban J connectivity index is 1.39. The van der Waals surface area contributed by atoms with Gasteiger partial charge < -0.3 is 14.8 Å². The fraction of sp³-hybridized carbons (Fsp3) is 0.138. The van der Waals surface area contributed by atoms with Crippen LogP contribution < -0.4 is 25.8 Å². The number of ether oxygens (including phenoxy) is 2. The topological polar surface area (TPSA) is 133 Å². The molecule has 1 heterocycles. The second kappa shape index (κ2) is 11.9. The van der Waals surface area contributed by atoms with E-state index in [1.165, 1.54) is 11.8 Å². The number of esters is 1. The number of anilines is 1. The molecule has 0 aliphatic rings. The summed E-state index contributed by atoms with van der Waals surface area (Å²) in [6.45, 7) is 3.29. The lowest BCUT2D eigenvalue weighted by atomic mass is 10.1. The van der Waals surface area contributed by atoms with Gasteiger partial charge in [-0.3, -0.25) is 19.1 Å². The maximum absolute atomic E-state index is 13.0. The molecule has 0 bridgehead atoms. The lowest BCUT2D eigenvalue weighted by Gasteiger charge is -2.09. The van der Waals surface area contributed by atoms with E-state index in [1.807, 2.05) is 6.07 Å². The normalized spacial score (nSPS) is 11.1. The summed E-state index contributed by atoms with van der Waals surface area (Å²) in [5.74, 6) is -1.96. The predicted octanol–water partition coefficient (Wildman–Crippen LogP) is 3.19. The number of benzene rings is 3. The smallest absolute Gasteiger partial charge is 0.347 e. The molecule has 0 fully saturated rings. The van der Waals surface area contributed by atoms with E-state index < -0.39 is 23.3 Å². The third-order valence-corrected chi connectivity index (χ3v) is 6.13. The molecule has 4 rings (SSSR count). The van der Waals surface area contributed by atoms with Crippen molar-refractivity contribution in [1.29, 1.82) is 0 Å². The summed E-state index contributed by atoms with van der Waals surface area (Å²) in [4.78, 5) is 50.4. The molecule has 3 aromatic carbocycles. The van der Waals surface area contributed by atoms with Gasteiger partial charge in [0.15, 0.2) is 0 Å². The monoisotopic (exact) mass is 541 g/mol. The highest BCUT2D eigenvalue weighted by atomic mass is 16.5.